The Morgan fingerprint density at radius 1 is 0.882 bits per heavy atom. The van der Waals surface area contributed by atoms with Crippen LogP contribution in [0.15, 0.2) is 45.3 Å². The van der Waals surface area contributed by atoms with E-state index in [1.165, 1.54) is 21.7 Å². The van der Waals surface area contributed by atoms with E-state index in [2.05, 4.69) is 80.2 Å². The molecule has 1 aliphatic heterocycles. The van der Waals surface area contributed by atoms with Crippen LogP contribution in [0.1, 0.15) is 0 Å². The number of fused-ring (bicyclic) bond motifs is 2. The summed E-state index contributed by atoms with van der Waals surface area (Å²) in [4.78, 5) is 2.26. The Morgan fingerprint density at radius 3 is 1.82 bits per heavy atom. The second-order valence-electron chi connectivity index (χ2n) is 4.01. The van der Waals surface area contributed by atoms with Crippen molar-refractivity contribution >= 4 is 63.1 Å². The summed E-state index contributed by atoms with van der Waals surface area (Å²) in [6, 6.07) is 13.0. The lowest BCUT2D eigenvalue weighted by molar-refractivity contribution is 1.22. The van der Waals surface area contributed by atoms with E-state index in [0.29, 0.717) is 0 Å². The standard InChI is InChI=1S/C13H9Br2NSi/c1-16-10-4-2-8(14)6-12(10)17-13-7-9(15)3-5-11(13)16/h2-7H,1H3. The van der Waals surface area contributed by atoms with Gasteiger partial charge in [0.15, 0.2) is 0 Å². The van der Waals surface area contributed by atoms with Gasteiger partial charge in [-0.3, -0.25) is 0 Å². The summed E-state index contributed by atoms with van der Waals surface area (Å²) in [6.07, 6.45) is 0. The molecular weight excluding hydrogens is 358 g/mol. The highest BCUT2D eigenvalue weighted by Crippen LogP contribution is 2.26. The molecule has 2 aromatic rings. The van der Waals surface area contributed by atoms with Gasteiger partial charge in [0, 0.05) is 27.4 Å². The van der Waals surface area contributed by atoms with E-state index < -0.39 is 0 Å². The molecule has 0 N–H and O–H groups in total. The number of hydrogen-bond acceptors (Lipinski definition) is 1. The van der Waals surface area contributed by atoms with Crippen molar-refractivity contribution in [2.45, 2.75) is 0 Å². The van der Waals surface area contributed by atoms with Crippen LogP contribution in [0.25, 0.3) is 0 Å². The third-order valence-electron chi connectivity index (χ3n) is 2.91. The van der Waals surface area contributed by atoms with Gasteiger partial charge < -0.3 is 4.90 Å². The lowest BCUT2D eigenvalue weighted by Gasteiger charge is -2.30. The van der Waals surface area contributed by atoms with Gasteiger partial charge >= 0.3 is 0 Å². The Bertz CT molecular complexity index is 546. The van der Waals surface area contributed by atoms with Gasteiger partial charge in [0.2, 0.25) is 0 Å². The molecule has 1 heterocycles. The molecular formula is C13H9Br2NSi. The summed E-state index contributed by atoms with van der Waals surface area (Å²) >= 11 is 7.08. The van der Waals surface area contributed by atoms with Crippen molar-refractivity contribution in [1.82, 2.24) is 0 Å². The maximum absolute atomic E-state index is 3.54. The number of nitrogens with zero attached hydrogens (tertiary/aromatic N) is 1. The van der Waals surface area contributed by atoms with Gasteiger partial charge in [0.1, 0.15) is 9.52 Å². The van der Waals surface area contributed by atoms with Crippen molar-refractivity contribution in [2.75, 3.05) is 11.9 Å². The average molecular weight is 367 g/mol. The Labute approximate surface area is 120 Å². The van der Waals surface area contributed by atoms with E-state index >= 15 is 0 Å². The molecule has 1 nitrogen and oxygen atoms in total. The quantitative estimate of drug-likeness (QED) is 0.648. The number of hydrogen-bond donors (Lipinski definition) is 0. The van der Waals surface area contributed by atoms with Crippen molar-refractivity contribution in [3.05, 3.63) is 45.3 Å². The van der Waals surface area contributed by atoms with Crippen LogP contribution in [-0.4, -0.2) is 16.6 Å². The fraction of sp³-hybridized carbons (Fsp3) is 0.0769. The van der Waals surface area contributed by atoms with E-state index in [4.69, 9.17) is 0 Å². The smallest absolute Gasteiger partial charge is 0.127 e. The highest BCUT2D eigenvalue weighted by Gasteiger charge is 2.20. The molecule has 0 aliphatic carbocycles. The van der Waals surface area contributed by atoms with Crippen molar-refractivity contribution in [2.24, 2.45) is 0 Å². The molecule has 2 radical (unpaired) electrons. The summed E-state index contributed by atoms with van der Waals surface area (Å²) in [7, 11) is 2.85. The zero-order valence-electron chi connectivity index (χ0n) is 9.17. The van der Waals surface area contributed by atoms with Crippen LogP contribution in [0.5, 0.6) is 0 Å². The monoisotopic (exact) mass is 365 g/mol. The Hall–Kier alpha value is -0.583. The van der Waals surface area contributed by atoms with E-state index in [0.717, 1.165) is 18.5 Å². The highest BCUT2D eigenvalue weighted by molar-refractivity contribution is 9.10. The molecule has 0 amide bonds. The number of anilines is 2. The first-order valence-electron chi connectivity index (χ1n) is 5.25. The first-order valence-corrected chi connectivity index (χ1v) is 7.83. The minimum Gasteiger partial charge on any atom is -0.345 e. The molecule has 0 spiro atoms. The minimum atomic E-state index is 0.721. The molecule has 0 atom stereocenters. The lowest BCUT2D eigenvalue weighted by atomic mass is 10.2. The Balaban J connectivity index is 2.17. The summed E-state index contributed by atoms with van der Waals surface area (Å²) in [6.45, 7) is 0. The van der Waals surface area contributed by atoms with Crippen molar-refractivity contribution < 1.29 is 0 Å². The molecule has 0 bridgehead atoms. The summed E-state index contributed by atoms with van der Waals surface area (Å²) < 4.78 is 2.30. The molecule has 0 saturated carbocycles. The molecule has 3 rings (SSSR count). The van der Waals surface area contributed by atoms with Gasteiger partial charge in [-0.25, -0.2) is 0 Å². The SMILES string of the molecule is CN1c2ccc(Br)cc2[Si]c2cc(Br)ccc21. The molecule has 17 heavy (non-hydrogen) atoms. The average Bonchev–Trinajstić information content (AvgIpc) is 2.28. The third-order valence-corrected chi connectivity index (χ3v) is 5.24. The van der Waals surface area contributed by atoms with Crippen LogP contribution in [0.4, 0.5) is 11.4 Å². The molecule has 84 valence electrons. The molecule has 0 saturated heterocycles. The fourth-order valence-corrected chi connectivity index (χ4v) is 4.73. The topological polar surface area (TPSA) is 3.24 Å². The third kappa shape index (κ3) is 1.98. The zero-order chi connectivity index (χ0) is 12.0. The van der Waals surface area contributed by atoms with E-state index in [9.17, 15) is 0 Å². The summed E-state index contributed by atoms with van der Waals surface area (Å²) in [5.74, 6) is 0. The van der Waals surface area contributed by atoms with Crippen LogP contribution in [0.3, 0.4) is 0 Å². The van der Waals surface area contributed by atoms with E-state index in [1.54, 1.807) is 0 Å². The second-order valence-corrected chi connectivity index (χ2v) is 7.17. The van der Waals surface area contributed by atoms with Gasteiger partial charge in [-0.15, -0.1) is 0 Å². The summed E-state index contributed by atoms with van der Waals surface area (Å²) in [5.41, 5.74) is 2.61. The van der Waals surface area contributed by atoms with Crippen LogP contribution < -0.4 is 15.3 Å². The Kier molecular flexibility index (Phi) is 2.88. The number of benzene rings is 2. The van der Waals surface area contributed by atoms with Crippen LogP contribution in [-0.2, 0) is 0 Å². The van der Waals surface area contributed by atoms with Gasteiger partial charge in [-0.05, 0) is 46.8 Å². The molecule has 0 fully saturated rings. The van der Waals surface area contributed by atoms with Gasteiger partial charge in [-0.2, -0.15) is 0 Å². The van der Waals surface area contributed by atoms with Crippen molar-refractivity contribution in [3.63, 3.8) is 0 Å². The zero-order valence-corrected chi connectivity index (χ0v) is 13.3. The first-order chi connectivity index (χ1) is 8.15. The minimum absolute atomic E-state index is 0.721. The molecule has 0 unspecified atom stereocenters. The van der Waals surface area contributed by atoms with Crippen molar-refractivity contribution in [1.29, 1.82) is 0 Å². The van der Waals surface area contributed by atoms with Crippen molar-refractivity contribution in [3.8, 4) is 0 Å². The fourth-order valence-electron chi connectivity index (χ4n) is 2.08. The van der Waals surface area contributed by atoms with Gasteiger partial charge in [-0.1, -0.05) is 31.9 Å². The predicted octanol–water partition coefficient (Wildman–Crippen LogP) is 2.95. The largest absolute Gasteiger partial charge is 0.345 e. The Morgan fingerprint density at radius 2 is 1.35 bits per heavy atom. The van der Waals surface area contributed by atoms with Crippen LogP contribution in [0, 0.1) is 0 Å². The molecule has 1 aliphatic rings. The first kappa shape index (κ1) is 11.5. The molecule has 2 aromatic carbocycles. The second kappa shape index (κ2) is 4.26. The van der Waals surface area contributed by atoms with E-state index in [1.807, 2.05) is 0 Å². The summed E-state index contributed by atoms with van der Waals surface area (Å²) in [5, 5.41) is 2.79. The lowest BCUT2D eigenvalue weighted by Crippen LogP contribution is -2.40. The molecule has 4 heteroatoms. The van der Waals surface area contributed by atoms with Crippen LogP contribution in [0.2, 0.25) is 0 Å². The molecule has 0 aromatic heterocycles. The number of rotatable bonds is 0. The normalized spacial score (nSPS) is 13.2. The van der Waals surface area contributed by atoms with Gasteiger partial charge in [0.05, 0.1) is 0 Å². The highest BCUT2D eigenvalue weighted by atomic mass is 79.9. The van der Waals surface area contributed by atoms with Gasteiger partial charge in [0.25, 0.3) is 0 Å². The maximum atomic E-state index is 3.54. The number of halogens is 2. The van der Waals surface area contributed by atoms with E-state index in [-0.39, 0.29) is 0 Å². The predicted molar refractivity (Wildman–Crippen MR) is 81.4 cm³/mol. The van der Waals surface area contributed by atoms with Crippen LogP contribution >= 0.6 is 31.9 Å². The maximum Gasteiger partial charge on any atom is 0.127 e.